The van der Waals surface area contributed by atoms with E-state index in [1.807, 2.05) is 24.3 Å². The summed E-state index contributed by atoms with van der Waals surface area (Å²) in [6.45, 7) is 0. The lowest BCUT2D eigenvalue weighted by molar-refractivity contribution is 0.607. The molecule has 0 saturated carbocycles. The van der Waals surface area contributed by atoms with Gasteiger partial charge >= 0.3 is 0 Å². The fourth-order valence-electron chi connectivity index (χ4n) is 1.86. The van der Waals surface area contributed by atoms with E-state index in [0.29, 0.717) is 5.69 Å². The molecular formula is C14H13N3O2S3. The molecule has 0 radical (unpaired) electrons. The van der Waals surface area contributed by atoms with Crippen molar-refractivity contribution in [1.29, 1.82) is 0 Å². The van der Waals surface area contributed by atoms with Crippen LogP contribution in [0.5, 0.6) is 0 Å². The van der Waals surface area contributed by atoms with Crippen LogP contribution in [0.15, 0.2) is 46.9 Å². The molecule has 2 heterocycles. The third kappa shape index (κ3) is 3.96. The van der Waals surface area contributed by atoms with Crippen molar-refractivity contribution in [3.63, 3.8) is 0 Å². The number of hydrogen-bond acceptors (Lipinski definition) is 6. The summed E-state index contributed by atoms with van der Waals surface area (Å²) < 4.78 is 26.9. The van der Waals surface area contributed by atoms with Gasteiger partial charge in [-0.05, 0) is 30.3 Å². The fraction of sp³-hybridized carbons (Fsp3) is 0.143. The minimum Gasteiger partial charge on any atom is -0.284 e. The Labute approximate surface area is 136 Å². The first-order valence-corrected chi connectivity index (χ1v) is 10.1. The lowest BCUT2D eigenvalue weighted by Gasteiger charge is -2.02. The Kier molecular flexibility index (Phi) is 4.32. The third-order valence-electron chi connectivity index (χ3n) is 2.74. The molecule has 1 aromatic carbocycles. The summed E-state index contributed by atoms with van der Waals surface area (Å²) in [5.74, 6) is 0.759. The van der Waals surface area contributed by atoms with Crippen molar-refractivity contribution in [2.24, 2.45) is 0 Å². The largest absolute Gasteiger partial charge is 0.284 e. The summed E-state index contributed by atoms with van der Waals surface area (Å²) in [6.07, 6.45) is 2.91. The zero-order valence-electron chi connectivity index (χ0n) is 11.7. The number of fused-ring (bicyclic) bond motifs is 1. The van der Waals surface area contributed by atoms with Gasteiger partial charge in [0.05, 0.1) is 27.9 Å². The van der Waals surface area contributed by atoms with E-state index in [4.69, 9.17) is 0 Å². The highest BCUT2D eigenvalue weighted by atomic mass is 32.2. The molecule has 114 valence electrons. The Hall–Kier alpha value is -1.64. The molecule has 0 fully saturated rings. The number of benzene rings is 1. The molecule has 8 heteroatoms. The third-order valence-corrected chi connectivity index (χ3v) is 5.54. The smallest absolute Gasteiger partial charge is 0.229 e. The Morgan fingerprint density at radius 3 is 2.86 bits per heavy atom. The molecule has 0 atom stereocenters. The number of thioether (sulfide) groups is 1. The summed E-state index contributed by atoms with van der Waals surface area (Å²) in [5.41, 5.74) is 2.43. The average molecular weight is 351 g/mol. The number of sulfonamides is 1. The van der Waals surface area contributed by atoms with Crippen LogP contribution in [0.2, 0.25) is 0 Å². The number of hydrogen-bond donors (Lipinski definition) is 1. The zero-order chi connectivity index (χ0) is 15.6. The van der Waals surface area contributed by atoms with Gasteiger partial charge in [0.15, 0.2) is 4.34 Å². The summed E-state index contributed by atoms with van der Waals surface area (Å²) in [5, 5.41) is 0. The first-order valence-electron chi connectivity index (χ1n) is 6.41. The van der Waals surface area contributed by atoms with Crippen LogP contribution in [0.1, 0.15) is 5.69 Å². The van der Waals surface area contributed by atoms with Gasteiger partial charge in [-0.15, -0.1) is 11.3 Å². The molecule has 2 aromatic heterocycles. The molecule has 0 aliphatic rings. The number of anilines is 1. The van der Waals surface area contributed by atoms with Crippen LogP contribution in [-0.4, -0.2) is 24.6 Å². The summed E-state index contributed by atoms with van der Waals surface area (Å²) >= 11 is 3.17. The van der Waals surface area contributed by atoms with Gasteiger partial charge in [0, 0.05) is 11.9 Å². The van der Waals surface area contributed by atoms with Crippen molar-refractivity contribution in [2.75, 3.05) is 11.0 Å². The van der Waals surface area contributed by atoms with Crippen LogP contribution < -0.4 is 4.72 Å². The molecule has 0 amide bonds. The molecule has 0 bridgehead atoms. The van der Waals surface area contributed by atoms with Gasteiger partial charge in [-0.1, -0.05) is 17.8 Å². The van der Waals surface area contributed by atoms with Crippen LogP contribution in [-0.2, 0) is 15.8 Å². The molecule has 22 heavy (non-hydrogen) atoms. The van der Waals surface area contributed by atoms with Crippen molar-refractivity contribution in [2.45, 2.75) is 10.1 Å². The zero-order valence-corrected chi connectivity index (χ0v) is 14.1. The van der Waals surface area contributed by atoms with Crippen molar-refractivity contribution < 1.29 is 8.42 Å². The maximum Gasteiger partial charge on any atom is 0.229 e. The number of pyridine rings is 1. The van der Waals surface area contributed by atoms with Gasteiger partial charge in [0.25, 0.3) is 0 Å². The summed E-state index contributed by atoms with van der Waals surface area (Å²) in [6, 6.07) is 11.2. The molecule has 0 spiro atoms. The molecule has 0 unspecified atom stereocenters. The fourth-order valence-corrected chi connectivity index (χ4v) is 4.44. The van der Waals surface area contributed by atoms with Crippen molar-refractivity contribution in [3.8, 4) is 0 Å². The quantitative estimate of drug-likeness (QED) is 0.714. The van der Waals surface area contributed by atoms with E-state index < -0.39 is 10.0 Å². The molecule has 0 aliphatic carbocycles. The van der Waals surface area contributed by atoms with Gasteiger partial charge in [-0.25, -0.2) is 13.4 Å². The maximum atomic E-state index is 11.3. The molecule has 5 nitrogen and oxygen atoms in total. The minimum atomic E-state index is -3.26. The molecule has 1 N–H and O–H groups in total. The van der Waals surface area contributed by atoms with Gasteiger partial charge in [0.2, 0.25) is 10.0 Å². The van der Waals surface area contributed by atoms with E-state index in [2.05, 4.69) is 14.7 Å². The van der Waals surface area contributed by atoms with E-state index in [1.54, 1.807) is 41.4 Å². The highest BCUT2D eigenvalue weighted by Gasteiger charge is 2.08. The first-order chi connectivity index (χ1) is 10.5. The Bertz CT molecular complexity index is 892. The number of nitrogens with one attached hydrogen (secondary N) is 1. The van der Waals surface area contributed by atoms with Crippen LogP contribution in [0.3, 0.4) is 0 Å². The van der Waals surface area contributed by atoms with Gasteiger partial charge in [-0.2, -0.15) is 0 Å². The predicted octanol–water partition coefficient (Wildman–Crippen LogP) is 3.36. The van der Waals surface area contributed by atoms with E-state index in [9.17, 15) is 8.42 Å². The molecular weight excluding hydrogens is 338 g/mol. The number of aromatic nitrogens is 2. The summed E-state index contributed by atoms with van der Waals surface area (Å²) in [7, 11) is -3.26. The van der Waals surface area contributed by atoms with Crippen LogP contribution in [0.25, 0.3) is 10.2 Å². The number of nitrogens with zero attached hydrogens (tertiary/aromatic N) is 2. The van der Waals surface area contributed by atoms with Crippen LogP contribution >= 0.6 is 23.1 Å². The minimum absolute atomic E-state index is 0.555. The topological polar surface area (TPSA) is 72.0 Å². The SMILES string of the molecule is CS(=O)(=O)Nc1ccc2nc(SCc3ccccn3)sc2c1. The number of thiazole rings is 1. The Morgan fingerprint density at radius 2 is 2.14 bits per heavy atom. The first kappa shape index (κ1) is 15.3. The Morgan fingerprint density at radius 1 is 1.27 bits per heavy atom. The molecule has 0 aliphatic heterocycles. The highest BCUT2D eigenvalue weighted by Crippen LogP contribution is 2.32. The van der Waals surface area contributed by atoms with Crippen molar-refractivity contribution in [3.05, 3.63) is 48.3 Å². The second kappa shape index (κ2) is 6.23. The predicted molar refractivity (Wildman–Crippen MR) is 91.9 cm³/mol. The molecule has 3 aromatic rings. The lowest BCUT2D eigenvalue weighted by atomic mass is 10.3. The van der Waals surface area contributed by atoms with Crippen LogP contribution in [0, 0.1) is 0 Å². The van der Waals surface area contributed by atoms with E-state index in [1.165, 1.54) is 0 Å². The van der Waals surface area contributed by atoms with Gasteiger partial charge < -0.3 is 0 Å². The van der Waals surface area contributed by atoms with Crippen molar-refractivity contribution in [1.82, 2.24) is 9.97 Å². The van der Waals surface area contributed by atoms with Gasteiger partial charge in [-0.3, -0.25) is 9.71 Å². The monoisotopic (exact) mass is 351 g/mol. The average Bonchev–Trinajstić information content (AvgIpc) is 2.86. The normalized spacial score (nSPS) is 11.7. The van der Waals surface area contributed by atoms with Crippen molar-refractivity contribution >= 4 is 49.0 Å². The maximum absolute atomic E-state index is 11.3. The van der Waals surface area contributed by atoms with Gasteiger partial charge in [0.1, 0.15) is 0 Å². The molecule has 0 saturated heterocycles. The van der Waals surface area contributed by atoms with E-state index in [0.717, 1.165) is 32.3 Å². The van der Waals surface area contributed by atoms with Crippen LogP contribution in [0.4, 0.5) is 5.69 Å². The van der Waals surface area contributed by atoms with E-state index in [-0.39, 0.29) is 0 Å². The highest BCUT2D eigenvalue weighted by molar-refractivity contribution is 8.00. The standard InChI is InChI=1S/C14H13N3O2S3/c1-22(18,19)17-10-5-6-12-13(8-10)21-14(16-12)20-9-11-4-2-3-7-15-11/h2-8,17H,9H2,1H3. The van der Waals surface area contributed by atoms with E-state index >= 15 is 0 Å². The second-order valence-electron chi connectivity index (χ2n) is 4.65. The Balaban J connectivity index is 1.78. The summed E-state index contributed by atoms with van der Waals surface area (Å²) in [4.78, 5) is 8.82. The number of rotatable bonds is 5. The lowest BCUT2D eigenvalue weighted by Crippen LogP contribution is -2.09. The second-order valence-corrected chi connectivity index (χ2v) is 8.65. The molecule has 3 rings (SSSR count).